The number of nitrogens with one attached hydrogen (secondary N) is 1. The number of hydrogen-bond donors (Lipinski definition) is 7. The number of carbonyl (C=O) groups is 3. The second-order valence-corrected chi connectivity index (χ2v) is 27.5. The molecule has 0 aromatic rings. The smallest absolute Gasteiger partial charge is 0.311 e. The number of methoxy groups -OCH3 is 2. The molecule has 19 nitrogen and oxygen atoms in total. The summed E-state index contributed by atoms with van der Waals surface area (Å²) >= 11 is 0. The Morgan fingerprint density at radius 1 is 0.875 bits per heavy atom. The molecule has 0 spiro atoms. The van der Waals surface area contributed by atoms with Crippen LogP contribution in [0.5, 0.6) is 0 Å². The van der Waals surface area contributed by atoms with Crippen LogP contribution in [0, 0.1) is 46.3 Å². The predicted octanol–water partition coefficient (Wildman–Crippen LogP) is 4.67. The molecule has 19 heteroatoms. The number of aliphatic hydroxyl groups is 6. The largest absolute Gasteiger partial charge is 0.459 e. The van der Waals surface area contributed by atoms with Crippen LogP contribution in [0.2, 0.25) is 0 Å². The van der Waals surface area contributed by atoms with Crippen molar-refractivity contribution in [1.29, 1.82) is 0 Å². The molecular weight excluding hydrogens is 1030 g/mol. The van der Waals surface area contributed by atoms with Crippen molar-refractivity contribution in [3.8, 4) is 0 Å². The van der Waals surface area contributed by atoms with E-state index in [2.05, 4.69) is 19.2 Å². The molecule has 80 heavy (non-hydrogen) atoms. The molecule has 3 saturated carbocycles. The molecule has 1 amide bonds. The van der Waals surface area contributed by atoms with E-state index in [0.29, 0.717) is 45.2 Å². The van der Waals surface area contributed by atoms with E-state index in [9.17, 15) is 45.0 Å². The van der Waals surface area contributed by atoms with Crippen molar-refractivity contribution in [3.63, 3.8) is 0 Å². The average Bonchev–Trinajstić information content (AvgIpc) is 3.35. The molecule has 460 valence electrons. The van der Waals surface area contributed by atoms with Crippen molar-refractivity contribution in [2.24, 2.45) is 46.3 Å². The van der Waals surface area contributed by atoms with Gasteiger partial charge in [0, 0.05) is 70.1 Å². The van der Waals surface area contributed by atoms with E-state index in [1.165, 1.54) is 14.0 Å². The maximum atomic E-state index is 14.8. The van der Waals surface area contributed by atoms with Crippen molar-refractivity contribution >= 4 is 17.7 Å². The summed E-state index contributed by atoms with van der Waals surface area (Å²) in [6, 6.07) is -1.07. The molecule has 3 aliphatic heterocycles. The quantitative estimate of drug-likeness (QED) is 0.0978. The summed E-state index contributed by atoms with van der Waals surface area (Å²) in [5.74, 6) is -2.73. The minimum atomic E-state index is -1.96. The number of fused-ring (bicyclic) bond motifs is 5. The summed E-state index contributed by atoms with van der Waals surface area (Å²) in [6.45, 7) is 22.8. The Morgan fingerprint density at radius 3 is 2.20 bits per heavy atom. The van der Waals surface area contributed by atoms with Crippen molar-refractivity contribution in [2.75, 3.05) is 47.9 Å². The fourth-order valence-corrected chi connectivity index (χ4v) is 17.0. The minimum Gasteiger partial charge on any atom is -0.459 e. The van der Waals surface area contributed by atoms with Crippen LogP contribution in [0.15, 0.2) is 11.6 Å². The number of rotatable bonds is 13. The summed E-state index contributed by atoms with van der Waals surface area (Å²) in [4.78, 5) is 46.0. The zero-order chi connectivity index (χ0) is 59.4. The maximum Gasteiger partial charge on any atom is 0.311 e. The second-order valence-electron chi connectivity index (χ2n) is 27.5. The van der Waals surface area contributed by atoms with Gasteiger partial charge in [-0.3, -0.25) is 19.3 Å². The number of esters is 1. The number of aliphatic hydroxyl groups excluding tert-OH is 4. The number of hydrogen-bond acceptors (Lipinski definition) is 18. The van der Waals surface area contributed by atoms with Gasteiger partial charge in [0.15, 0.2) is 24.0 Å². The standard InChI is InChI=1S/C61H105N3O16/c1-17-45-60(12,73)50(68)37(6)64(26-18-25-62-55(71)61(75-16)24-22-42-41-20-19-39-28-40(65)21-23-56(39,8)47(41)44(66)30-57(42,61)9)32-33(2)29-58(10,72)52(80-54-48(67)43(63(13)14)27-34(3)76-54)35(4)49(36(5)53(70)78-45)79-46-31-59(11,74-15)51(69)38(7)77-46/h28,33-38,41-52,54,66-69,72-73H,17-27,29-32H2,1-16H3,(H,62,71)/t33-,34-,35+,36-,37-,38?,41?,42?,43-,44+,45-,46-,47?,48-,49+,50-,51-,52?,54+,56+,57+,58-,59+,60-,61+/m1/s1. The van der Waals surface area contributed by atoms with Crippen molar-refractivity contribution in [3.05, 3.63) is 11.6 Å². The van der Waals surface area contributed by atoms with Crippen LogP contribution in [0.4, 0.5) is 0 Å². The van der Waals surface area contributed by atoms with Crippen LogP contribution in [0.1, 0.15) is 160 Å². The molecule has 5 unspecified atom stereocenters. The van der Waals surface area contributed by atoms with E-state index in [4.69, 9.17) is 33.2 Å². The first-order chi connectivity index (χ1) is 37.3. The highest BCUT2D eigenvalue weighted by atomic mass is 16.7. The molecule has 4 aliphatic carbocycles. The number of amides is 1. The summed E-state index contributed by atoms with van der Waals surface area (Å²) in [7, 11) is 6.85. The van der Waals surface area contributed by atoms with E-state index in [0.717, 1.165) is 31.3 Å². The molecule has 0 radical (unpaired) electrons. The molecule has 7 rings (SSSR count). The third kappa shape index (κ3) is 12.3. The van der Waals surface area contributed by atoms with E-state index in [1.807, 2.05) is 57.7 Å². The Hall–Kier alpha value is -2.21. The maximum absolute atomic E-state index is 14.8. The van der Waals surface area contributed by atoms with Crippen molar-refractivity contribution in [2.45, 2.75) is 262 Å². The van der Waals surface area contributed by atoms with Gasteiger partial charge in [-0.1, -0.05) is 40.2 Å². The third-order valence-corrected chi connectivity index (χ3v) is 21.7. The molecule has 3 heterocycles. The minimum absolute atomic E-state index is 0.00300. The molecule has 7 aliphatic rings. The number of nitrogens with zero attached hydrogens (tertiary/aromatic N) is 2. The highest BCUT2D eigenvalue weighted by Gasteiger charge is 2.69. The Balaban J connectivity index is 1.15. The molecule has 0 bridgehead atoms. The fourth-order valence-electron chi connectivity index (χ4n) is 17.0. The Morgan fingerprint density at radius 2 is 1.56 bits per heavy atom. The number of allylic oxidation sites excluding steroid dienone is 1. The molecule has 7 N–H and O–H groups in total. The monoisotopic (exact) mass is 1140 g/mol. The van der Waals surface area contributed by atoms with E-state index < -0.39 is 113 Å². The van der Waals surface area contributed by atoms with Gasteiger partial charge in [-0.15, -0.1) is 0 Å². The SMILES string of the molecule is CC[C@H]1OC(=O)[C@H](C)[C@@H](O[C@@H]2C[C@](C)(OC)[C@H](O)C(C)O2)[C@H](C)C(O[C@@H]2O[C@H](C)C[C@@H](N(C)C)[C@H]2O)[C@](C)(O)C[C@@H](C)CN(CCCNC(=O)[C@@]2(OC)CCC3C4CCC5=CC(=O)CC[C@]5(C)C4[C@@H](O)C[C@@]32C)[C@H](C)[C@@H](O)[C@]1(C)O. The van der Waals surface area contributed by atoms with Crippen molar-refractivity contribution < 1.29 is 78.2 Å². The zero-order valence-corrected chi connectivity index (χ0v) is 51.3. The van der Waals surface area contributed by atoms with Crippen molar-refractivity contribution in [1.82, 2.24) is 15.1 Å². The van der Waals surface area contributed by atoms with E-state index >= 15 is 0 Å². The van der Waals surface area contributed by atoms with Gasteiger partial charge in [0.1, 0.15) is 30.0 Å². The molecule has 0 aromatic heterocycles. The van der Waals surface area contributed by atoms with Gasteiger partial charge in [0.25, 0.3) is 5.91 Å². The van der Waals surface area contributed by atoms with Gasteiger partial charge in [-0.05, 0) is 162 Å². The topological polar surface area (TPSA) is 256 Å². The van der Waals surface area contributed by atoms with E-state index in [-0.39, 0.29) is 78.7 Å². The highest BCUT2D eigenvalue weighted by Crippen LogP contribution is 2.68. The van der Waals surface area contributed by atoms with E-state index in [1.54, 1.807) is 41.7 Å². The number of cyclic esters (lactones) is 1. The lowest BCUT2D eigenvalue weighted by Gasteiger charge is -2.60. The molecule has 6 fully saturated rings. The summed E-state index contributed by atoms with van der Waals surface area (Å²) in [6.07, 6.45) is -3.19. The van der Waals surface area contributed by atoms with Gasteiger partial charge in [-0.25, -0.2) is 0 Å². The van der Waals surface area contributed by atoms with Crippen LogP contribution < -0.4 is 5.32 Å². The summed E-state index contributed by atoms with van der Waals surface area (Å²) in [5, 5.41) is 76.2. The normalized spacial score (nSPS) is 49.1. The highest BCUT2D eigenvalue weighted by molar-refractivity contribution is 5.91. The zero-order valence-electron chi connectivity index (χ0n) is 51.3. The second kappa shape index (κ2) is 25.0. The first kappa shape index (κ1) is 65.3. The molecule has 3 saturated heterocycles. The predicted molar refractivity (Wildman–Crippen MR) is 299 cm³/mol. The van der Waals surface area contributed by atoms with Gasteiger partial charge in [-0.2, -0.15) is 0 Å². The Bertz CT molecular complexity index is 2180. The first-order valence-corrected chi connectivity index (χ1v) is 30.3. The lowest BCUT2D eigenvalue weighted by molar-refractivity contribution is -0.318. The van der Waals surface area contributed by atoms with Crippen LogP contribution in [-0.4, -0.2) is 208 Å². The molecule has 25 atom stereocenters. The number of carbonyl (C=O) groups excluding carboxylic acids is 3. The number of ether oxygens (including phenoxy) is 7. The number of likely N-dealkylation sites (N-methyl/N-ethyl adjacent to an activating group) is 1. The summed E-state index contributed by atoms with van der Waals surface area (Å²) in [5.41, 5.74) is -5.67. The van der Waals surface area contributed by atoms with Gasteiger partial charge in [0.2, 0.25) is 0 Å². The Labute approximate surface area is 477 Å². The van der Waals surface area contributed by atoms with Crippen LogP contribution in [0.3, 0.4) is 0 Å². The van der Waals surface area contributed by atoms with Crippen LogP contribution in [0.25, 0.3) is 0 Å². The van der Waals surface area contributed by atoms with Crippen LogP contribution >= 0.6 is 0 Å². The Kier molecular flexibility index (Phi) is 20.4. The first-order valence-electron chi connectivity index (χ1n) is 30.3. The lowest BCUT2D eigenvalue weighted by atomic mass is 9.45. The molecular formula is C61H105N3O16. The van der Waals surface area contributed by atoms with Gasteiger partial charge in [0.05, 0.1) is 47.6 Å². The molecule has 0 aromatic carbocycles. The summed E-state index contributed by atoms with van der Waals surface area (Å²) < 4.78 is 44.8. The lowest BCUT2D eigenvalue weighted by Crippen LogP contribution is -2.64. The number of ketones is 1. The van der Waals surface area contributed by atoms with Gasteiger partial charge < -0.3 is 74.0 Å². The average molecular weight is 1140 g/mol. The fraction of sp³-hybridized carbons (Fsp3) is 0.918. The van der Waals surface area contributed by atoms with Crippen LogP contribution in [-0.2, 0) is 47.5 Å². The van der Waals surface area contributed by atoms with Gasteiger partial charge >= 0.3 is 5.97 Å². The third-order valence-electron chi connectivity index (χ3n) is 21.7.